The molecular weight excluding hydrogens is 542 g/mol. The van der Waals surface area contributed by atoms with Crippen LogP contribution in [-0.4, -0.2) is 22.8 Å². The normalized spacial score (nSPS) is 21.1. The zero-order chi connectivity index (χ0) is 28.4. The van der Waals surface area contributed by atoms with Crippen LogP contribution < -0.4 is 14.8 Å². The van der Waals surface area contributed by atoms with Gasteiger partial charge < -0.3 is 14.8 Å². The number of Topliss-reactive ketones (excluding diaryl/α,β-unsaturated/α-hetero) is 1. The first kappa shape index (κ1) is 26.1. The molecule has 6 rings (SSSR count). The van der Waals surface area contributed by atoms with Crippen LogP contribution >= 0.6 is 0 Å². The number of ketones is 1. The van der Waals surface area contributed by atoms with Gasteiger partial charge >= 0.3 is 12.4 Å². The fourth-order valence-electron chi connectivity index (χ4n) is 5.42. The van der Waals surface area contributed by atoms with Crippen molar-refractivity contribution in [3.05, 3.63) is 76.5 Å². The number of hydrogen-bond acceptors (Lipinski definition) is 5. The average molecular weight is 562 g/mol. The number of fused-ring (bicyclic) bond motifs is 4. The fourth-order valence-corrected chi connectivity index (χ4v) is 5.42. The average Bonchev–Trinajstić information content (AvgIpc) is 3.38. The number of halogens is 6. The van der Waals surface area contributed by atoms with Crippen LogP contribution in [0.3, 0.4) is 0 Å². The first-order valence-corrected chi connectivity index (χ1v) is 12.4. The van der Waals surface area contributed by atoms with E-state index in [9.17, 15) is 35.9 Å². The molecule has 3 aromatic rings. The van der Waals surface area contributed by atoms with Crippen LogP contribution in [0.5, 0.6) is 17.2 Å². The lowest BCUT2D eigenvalue weighted by Crippen LogP contribution is -2.20. The minimum Gasteiger partial charge on any atom is -0.489 e. The van der Waals surface area contributed by atoms with E-state index >= 15 is 0 Å². The second-order valence-electron chi connectivity index (χ2n) is 10.1. The van der Waals surface area contributed by atoms with Crippen molar-refractivity contribution in [1.29, 1.82) is 0 Å². The second kappa shape index (κ2) is 9.24. The van der Waals surface area contributed by atoms with E-state index in [1.807, 2.05) is 0 Å². The number of carbonyl (C=O) groups excluding carboxylic acids is 2. The highest BCUT2D eigenvalue weighted by molar-refractivity contribution is 5.93. The summed E-state index contributed by atoms with van der Waals surface area (Å²) in [6, 6.07) is 8.16. The van der Waals surface area contributed by atoms with Gasteiger partial charge in [-0.2, -0.15) is 26.3 Å². The van der Waals surface area contributed by atoms with E-state index in [1.165, 1.54) is 6.20 Å². The van der Waals surface area contributed by atoms with Crippen molar-refractivity contribution < 1.29 is 45.4 Å². The number of pyridine rings is 1. The lowest BCUT2D eigenvalue weighted by atomic mass is 9.98. The van der Waals surface area contributed by atoms with Crippen LogP contribution in [0.4, 0.5) is 32.2 Å². The van der Waals surface area contributed by atoms with Gasteiger partial charge in [0.25, 0.3) is 0 Å². The van der Waals surface area contributed by atoms with E-state index in [0.29, 0.717) is 48.0 Å². The summed E-state index contributed by atoms with van der Waals surface area (Å²) < 4.78 is 91.0. The molecule has 1 fully saturated rings. The standard InChI is InChI=1S/C28H20F6N2O4/c29-27(30,31)14-7-13(8-15(10-14)28(32,33)34)9-16(37)11-20-24-19-12-17(1-3-21(19)40-25(20)24)39-22-5-6-35-26-18(22)2-4-23(38)36-26/h1,3,5-8,10,12,20,24-25H,2,4,9,11H2,(H,35,36,38)/t20-,24-,25+/m0/s1. The van der Waals surface area contributed by atoms with E-state index in [2.05, 4.69) is 10.3 Å². The molecule has 0 spiro atoms. The maximum Gasteiger partial charge on any atom is 0.416 e. The number of alkyl halides is 6. The number of nitrogens with one attached hydrogen (secondary N) is 1. The van der Waals surface area contributed by atoms with Crippen LogP contribution in [0.2, 0.25) is 0 Å². The Morgan fingerprint density at radius 2 is 1.73 bits per heavy atom. The van der Waals surface area contributed by atoms with Crippen LogP contribution in [-0.2, 0) is 34.8 Å². The fraction of sp³-hybridized carbons (Fsp3) is 0.321. The highest BCUT2D eigenvalue weighted by Crippen LogP contribution is 2.60. The molecule has 0 radical (unpaired) electrons. The van der Waals surface area contributed by atoms with Gasteiger partial charge in [0.1, 0.15) is 35.0 Å². The molecule has 3 atom stereocenters. The summed E-state index contributed by atoms with van der Waals surface area (Å²) >= 11 is 0. The van der Waals surface area contributed by atoms with E-state index in [0.717, 1.165) is 11.1 Å². The molecule has 3 heterocycles. The van der Waals surface area contributed by atoms with E-state index in [1.54, 1.807) is 24.3 Å². The Morgan fingerprint density at radius 1 is 1.00 bits per heavy atom. The van der Waals surface area contributed by atoms with E-state index in [-0.39, 0.29) is 41.9 Å². The maximum atomic E-state index is 13.2. The topological polar surface area (TPSA) is 77.5 Å². The minimum atomic E-state index is -4.98. The van der Waals surface area contributed by atoms with Gasteiger partial charge in [0.2, 0.25) is 5.91 Å². The molecule has 1 aromatic heterocycles. The smallest absolute Gasteiger partial charge is 0.416 e. The van der Waals surface area contributed by atoms with Crippen LogP contribution in [0.1, 0.15) is 46.6 Å². The van der Waals surface area contributed by atoms with Gasteiger partial charge in [-0.3, -0.25) is 9.59 Å². The number of ether oxygens (including phenoxy) is 2. The van der Waals surface area contributed by atoms with E-state index < -0.39 is 35.7 Å². The monoisotopic (exact) mass is 562 g/mol. The molecule has 40 heavy (non-hydrogen) atoms. The third kappa shape index (κ3) is 4.98. The molecule has 1 N–H and O–H groups in total. The van der Waals surface area contributed by atoms with Gasteiger partial charge in [0.15, 0.2) is 0 Å². The van der Waals surface area contributed by atoms with Gasteiger partial charge in [-0.1, -0.05) is 0 Å². The van der Waals surface area contributed by atoms with Crippen molar-refractivity contribution in [1.82, 2.24) is 4.98 Å². The number of rotatable bonds is 6. The SMILES string of the molecule is O=C(Cc1cc(C(F)(F)F)cc(C(F)(F)F)c1)C[C@@H]1[C@H]2Oc3ccc(Oc4ccnc5c4CCC(=O)N5)cc3[C@@H]12. The molecule has 2 aliphatic heterocycles. The molecule has 6 nitrogen and oxygen atoms in total. The van der Waals surface area contributed by atoms with Gasteiger partial charge in [-0.15, -0.1) is 0 Å². The summed E-state index contributed by atoms with van der Waals surface area (Å²) in [5.74, 6) is 1.14. The predicted molar refractivity (Wildman–Crippen MR) is 128 cm³/mol. The number of amides is 1. The van der Waals surface area contributed by atoms with Crippen LogP contribution in [0.15, 0.2) is 48.7 Å². The van der Waals surface area contributed by atoms with Gasteiger partial charge in [0, 0.05) is 48.4 Å². The first-order chi connectivity index (χ1) is 18.9. The summed E-state index contributed by atoms with van der Waals surface area (Å²) in [6.45, 7) is 0. The van der Waals surface area contributed by atoms with Gasteiger partial charge in [-0.05, 0) is 54.4 Å². The number of benzene rings is 2. The number of aromatic nitrogens is 1. The van der Waals surface area contributed by atoms with Gasteiger partial charge in [-0.25, -0.2) is 4.98 Å². The number of carbonyl (C=O) groups is 2. The molecule has 208 valence electrons. The Labute approximate surface area is 223 Å². The quantitative estimate of drug-likeness (QED) is 0.349. The Hall–Kier alpha value is -4.09. The summed E-state index contributed by atoms with van der Waals surface area (Å²) in [5, 5.41) is 2.71. The summed E-state index contributed by atoms with van der Waals surface area (Å²) in [4.78, 5) is 28.6. The molecule has 1 saturated carbocycles. The molecule has 0 bridgehead atoms. The molecular formula is C28H20F6N2O4. The molecule has 0 unspecified atom stereocenters. The summed E-state index contributed by atoms with van der Waals surface area (Å²) in [5.41, 5.74) is -1.65. The zero-order valence-electron chi connectivity index (χ0n) is 20.5. The minimum absolute atomic E-state index is 0.0431. The van der Waals surface area contributed by atoms with Crippen molar-refractivity contribution in [2.45, 2.75) is 50.1 Å². The van der Waals surface area contributed by atoms with Crippen LogP contribution in [0.25, 0.3) is 0 Å². The predicted octanol–water partition coefficient (Wildman–Crippen LogP) is 6.47. The first-order valence-electron chi connectivity index (χ1n) is 12.4. The van der Waals surface area contributed by atoms with Crippen molar-refractivity contribution in [3.63, 3.8) is 0 Å². The highest BCUT2D eigenvalue weighted by Gasteiger charge is 2.59. The number of hydrogen-bond donors (Lipinski definition) is 1. The molecule has 3 aliphatic rings. The molecule has 0 saturated heterocycles. The second-order valence-corrected chi connectivity index (χ2v) is 10.1. The molecule has 1 aliphatic carbocycles. The Kier molecular flexibility index (Phi) is 6.04. The Morgan fingerprint density at radius 3 is 2.42 bits per heavy atom. The summed E-state index contributed by atoms with van der Waals surface area (Å²) in [6.07, 6.45) is -8.55. The Bertz CT molecular complexity index is 1500. The third-order valence-electron chi connectivity index (χ3n) is 7.31. The van der Waals surface area contributed by atoms with Crippen molar-refractivity contribution >= 4 is 17.5 Å². The van der Waals surface area contributed by atoms with Crippen molar-refractivity contribution in [3.8, 4) is 17.2 Å². The highest BCUT2D eigenvalue weighted by atomic mass is 19.4. The largest absolute Gasteiger partial charge is 0.489 e. The van der Waals surface area contributed by atoms with Crippen molar-refractivity contribution in [2.75, 3.05) is 5.32 Å². The molecule has 12 heteroatoms. The molecule has 1 amide bonds. The van der Waals surface area contributed by atoms with Gasteiger partial charge in [0.05, 0.1) is 11.1 Å². The van der Waals surface area contributed by atoms with Crippen molar-refractivity contribution in [2.24, 2.45) is 5.92 Å². The van der Waals surface area contributed by atoms with Crippen LogP contribution in [0, 0.1) is 5.92 Å². The number of anilines is 1. The lowest BCUT2D eigenvalue weighted by molar-refractivity contribution is -0.143. The summed E-state index contributed by atoms with van der Waals surface area (Å²) in [7, 11) is 0. The zero-order valence-corrected chi connectivity index (χ0v) is 20.5. The lowest BCUT2D eigenvalue weighted by Gasteiger charge is -2.19. The van der Waals surface area contributed by atoms with E-state index in [4.69, 9.17) is 9.47 Å². The third-order valence-corrected chi connectivity index (χ3v) is 7.31. The maximum absolute atomic E-state index is 13.2. The molecule has 2 aromatic carbocycles. The number of nitrogens with zero attached hydrogens (tertiary/aromatic N) is 1. The Balaban J connectivity index is 1.15.